The molecule has 0 radical (unpaired) electrons. The molecule has 3 aromatic heterocycles. The topological polar surface area (TPSA) is 73.8 Å². The summed E-state index contributed by atoms with van der Waals surface area (Å²) >= 11 is 0. The number of primary amides is 1. The Balaban J connectivity index is 2.13. The first-order chi connectivity index (χ1) is 10.8. The second kappa shape index (κ2) is 5.38. The van der Waals surface area contributed by atoms with Crippen LogP contribution in [0.25, 0.3) is 22.2 Å². The van der Waals surface area contributed by atoms with Gasteiger partial charge in [-0.3, -0.25) is 14.8 Å². The molecule has 2 N–H and O–H groups in total. The zero-order valence-corrected chi connectivity index (χ0v) is 11.7. The number of hydrogen-bond donors (Lipinski definition) is 1. The van der Waals surface area contributed by atoms with Gasteiger partial charge in [0, 0.05) is 29.7 Å². The molecule has 0 aliphatic carbocycles. The summed E-state index contributed by atoms with van der Waals surface area (Å²) < 4.78 is 38.9. The number of alkyl halides is 3. The van der Waals surface area contributed by atoms with Crippen molar-refractivity contribution in [1.82, 2.24) is 14.5 Å². The minimum absolute atomic E-state index is 0.0441. The lowest BCUT2D eigenvalue weighted by Crippen LogP contribution is -2.17. The van der Waals surface area contributed by atoms with Gasteiger partial charge in [-0.1, -0.05) is 6.07 Å². The van der Waals surface area contributed by atoms with Gasteiger partial charge in [-0.15, -0.1) is 0 Å². The predicted octanol–water partition coefficient (Wildman–Crippen LogP) is 2.76. The molecule has 0 fully saturated rings. The molecule has 5 nitrogen and oxygen atoms in total. The van der Waals surface area contributed by atoms with E-state index < -0.39 is 18.6 Å². The molecular weight excluding hydrogens is 309 g/mol. The smallest absolute Gasteiger partial charge is 0.364 e. The van der Waals surface area contributed by atoms with Crippen LogP contribution in [0.1, 0.15) is 10.5 Å². The monoisotopic (exact) mass is 320 g/mol. The molecule has 3 heterocycles. The summed E-state index contributed by atoms with van der Waals surface area (Å²) in [7, 11) is 0. The molecule has 3 rings (SSSR count). The maximum Gasteiger partial charge on any atom is 0.406 e. The van der Waals surface area contributed by atoms with Crippen LogP contribution in [-0.4, -0.2) is 26.6 Å². The molecule has 118 valence electrons. The standard InChI is InChI=1S/C15H11F3N4O/c16-15(17,18)8-22-5-3-11-12(22)6-9(7-21-11)10-2-1-4-20-13(10)14(19)23/h1-7H,8H2,(H2,19,23). The second-order valence-corrected chi connectivity index (χ2v) is 4.95. The molecule has 0 bridgehead atoms. The van der Waals surface area contributed by atoms with Crippen LogP contribution in [0.4, 0.5) is 13.2 Å². The third-order valence-electron chi connectivity index (χ3n) is 3.32. The quantitative estimate of drug-likeness (QED) is 0.806. The van der Waals surface area contributed by atoms with Gasteiger partial charge < -0.3 is 10.3 Å². The highest BCUT2D eigenvalue weighted by Gasteiger charge is 2.28. The van der Waals surface area contributed by atoms with Crippen LogP contribution in [0.15, 0.2) is 42.9 Å². The fraction of sp³-hybridized carbons (Fsp3) is 0.133. The fourth-order valence-electron chi connectivity index (χ4n) is 2.38. The van der Waals surface area contributed by atoms with Gasteiger partial charge in [0.15, 0.2) is 0 Å². The predicted molar refractivity (Wildman–Crippen MR) is 77.5 cm³/mol. The van der Waals surface area contributed by atoms with Crippen LogP contribution in [-0.2, 0) is 6.54 Å². The molecule has 0 aromatic carbocycles. The van der Waals surface area contributed by atoms with Gasteiger partial charge in [0.1, 0.15) is 12.2 Å². The van der Waals surface area contributed by atoms with Gasteiger partial charge in [-0.2, -0.15) is 13.2 Å². The Bertz CT molecular complexity index is 886. The number of nitrogens with two attached hydrogens (primary N) is 1. The van der Waals surface area contributed by atoms with Crippen molar-refractivity contribution in [2.75, 3.05) is 0 Å². The average Bonchev–Trinajstić information content (AvgIpc) is 2.87. The summed E-state index contributed by atoms with van der Waals surface area (Å²) in [6.45, 7) is -1.11. The first kappa shape index (κ1) is 15.0. The highest BCUT2D eigenvalue weighted by atomic mass is 19.4. The van der Waals surface area contributed by atoms with Crippen LogP contribution in [0.3, 0.4) is 0 Å². The Morgan fingerprint density at radius 1 is 1.26 bits per heavy atom. The van der Waals surface area contributed by atoms with Crippen molar-refractivity contribution in [2.45, 2.75) is 12.7 Å². The number of amides is 1. The summed E-state index contributed by atoms with van der Waals surface area (Å²) in [4.78, 5) is 19.5. The third-order valence-corrected chi connectivity index (χ3v) is 3.32. The van der Waals surface area contributed by atoms with E-state index in [4.69, 9.17) is 5.73 Å². The van der Waals surface area contributed by atoms with Crippen LogP contribution in [0.5, 0.6) is 0 Å². The van der Waals surface area contributed by atoms with Crippen molar-refractivity contribution in [1.29, 1.82) is 0 Å². The largest absolute Gasteiger partial charge is 0.406 e. The van der Waals surface area contributed by atoms with Crippen molar-refractivity contribution in [3.63, 3.8) is 0 Å². The number of halogens is 3. The van der Waals surface area contributed by atoms with Crippen LogP contribution >= 0.6 is 0 Å². The minimum atomic E-state index is -4.34. The second-order valence-electron chi connectivity index (χ2n) is 4.95. The number of pyridine rings is 2. The lowest BCUT2D eigenvalue weighted by molar-refractivity contribution is -0.139. The van der Waals surface area contributed by atoms with E-state index in [1.165, 1.54) is 30.7 Å². The lowest BCUT2D eigenvalue weighted by Gasteiger charge is -2.10. The van der Waals surface area contributed by atoms with E-state index in [1.807, 2.05) is 0 Å². The Morgan fingerprint density at radius 3 is 2.74 bits per heavy atom. The maximum atomic E-state index is 12.6. The third kappa shape index (κ3) is 3.01. The molecule has 1 amide bonds. The van der Waals surface area contributed by atoms with Crippen LogP contribution in [0.2, 0.25) is 0 Å². The van der Waals surface area contributed by atoms with Gasteiger partial charge in [-0.05, 0) is 18.2 Å². The summed E-state index contributed by atoms with van der Waals surface area (Å²) in [5.41, 5.74) is 6.98. The minimum Gasteiger partial charge on any atom is -0.364 e. The molecule has 0 atom stereocenters. The molecular formula is C15H11F3N4O. The Hall–Kier alpha value is -2.90. The highest BCUT2D eigenvalue weighted by molar-refractivity contribution is 5.98. The number of aromatic nitrogens is 3. The molecule has 0 aliphatic rings. The molecule has 0 saturated heterocycles. The average molecular weight is 320 g/mol. The molecule has 0 aliphatic heterocycles. The van der Waals surface area contributed by atoms with Gasteiger partial charge in [0.05, 0.1) is 11.0 Å². The van der Waals surface area contributed by atoms with E-state index in [2.05, 4.69) is 9.97 Å². The van der Waals surface area contributed by atoms with E-state index in [0.29, 0.717) is 22.2 Å². The van der Waals surface area contributed by atoms with E-state index in [9.17, 15) is 18.0 Å². The van der Waals surface area contributed by atoms with Crippen LogP contribution in [0, 0.1) is 0 Å². The van der Waals surface area contributed by atoms with E-state index in [0.717, 1.165) is 4.57 Å². The Labute approximate surface area is 128 Å². The SMILES string of the molecule is NC(=O)c1ncccc1-c1cnc2ccn(CC(F)(F)F)c2c1. The van der Waals surface area contributed by atoms with Crippen molar-refractivity contribution >= 4 is 16.9 Å². The molecule has 23 heavy (non-hydrogen) atoms. The van der Waals surface area contributed by atoms with Gasteiger partial charge in [0.25, 0.3) is 5.91 Å². The molecule has 0 spiro atoms. The Kier molecular flexibility index (Phi) is 3.51. The number of carbonyl (C=O) groups is 1. The summed E-state index contributed by atoms with van der Waals surface area (Å²) in [5.74, 6) is -0.716. The van der Waals surface area contributed by atoms with Gasteiger partial charge >= 0.3 is 6.18 Å². The van der Waals surface area contributed by atoms with Crippen molar-refractivity contribution < 1.29 is 18.0 Å². The maximum absolute atomic E-state index is 12.6. The molecule has 0 saturated carbocycles. The van der Waals surface area contributed by atoms with Gasteiger partial charge in [0.2, 0.25) is 0 Å². The number of fused-ring (bicyclic) bond motifs is 1. The number of hydrogen-bond acceptors (Lipinski definition) is 3. The van der Waals surface area contributed by atoms with E-state index in [1.54, 1.807) is 12.1 Å². The number of nitrogens with zero attached hydrogens (tertiary/aromatic N) is 3. The normalized spacial score (nSPS) is 11.8. The zero-order valence-electron chi connectivity index (χ0n) is 11.7. The Morgan fingerprint density at radius 2 is 2.04 bits per heavy atom. The fourth-order valence-corrected chi connectivity index (χ4v) is 2.38. The van der Waals surface area contributed by atoms with E-state index >= 15 is 0 Å². The first-order valence-electron chi connectivity index (χ1n) is 6.62. The van der Waals surface area contributed by atoms with Gasteiger partial charge in [-0.25, -0.2) is 0 Å². The van der Waals surface area contributed by atoms with Crippen molar-refractivity contribution in [3.05, 3.63) is 48.5 Å². The molecule has 0 unspecified atom stereocenters. The summed E-state index contributed by atoms with van der Waals surface area (Å²) in [6, 6.07) is 6.27. The van der Waals surface area contributed by atoms with E-state index in [-0.39, 0.29) is 5.69 Å². The first-order valence-corrected chi connectivity index (χ1v) is 6.62. The number of rotatable bonds is 3. The number of carbonyl (C=O) groups excluding carboxylic acids is 1. The highest BCUT2D eigenvalue weighted by Crippen LogP contribution is 2.27. The summed E-state index contributed by atoms with van der Waals surface area (Å²) in [6.07, 6.45) is -0.118. The molecule has 8 heteroatoms. The van der Waals surface area contributed by atoms with Crippen LogP contribution < -0.4 is 5.73 Å². The van der Waals surface area contributed by atoms with Crippen molar-refractivity contribution in [2.24, 2.45) is 5.73 Å². The summed E-state index contributed by atoms with van der Waals surface area (Å²) in [5, 5.41) is 0. The lowest BCUT2D eigenvalue weighted by atomic mass is 10.1. The van der Waals surface area contributed by atoms with Crippen molar-refractivity contribution in [3.8, 4) is 11.1 Å². The molecule has 3 aromatic rings. The zero-order chi connectivity index (χ0) is 16.6.